The van der Waals surface area contributed by atoms with E-state index in [0.29, 0.717) is 29.1 Å². The molecule has 1 atom stereocenters. The summed E-state index contributed by atoms with van der Waals surface area (Å²) >= 11 is 1.44. The fraction of sp³-hybridized carbons (Fsp3) is 0.333. The number of hydrogen-bond acceptors (Lipinski definition) is 4. The molecule has 2 aromatic heterocycles. The zero-order valence-electron chi connectivity index (χ0n) is 13.6. The molecule has 1 aliphatic rings. The van der Waals surface area contributed by atoms with Crippen LogP contribution < -0.4 is 10.9 Å². The van der Waals surface area contributed by atoms with E-state index in [2.05, 4.69) is 10.3 Å². The molecular formula is C18H17F2N3OS. The van der Waals surface area contributed by atoms with Gasteiger partial charge < -0.3 is 5.32 Å². The van der Waals surface area contributed by atoms with Gasteiger partial charge in [0, 0.05) is 41.5 Å². The van der Waals surface area contributed by atoms with Crippen molar-refractivity contribution in [3.63, 3.8) is 0 Å². The average Bonchev–Trinajstić information content (AvgIpc) is 2.99. The minimum atomic E-state index is -2.54. The van der Waals surface area contributed by atoms with Crippen LogP contribution in [-0.4, -0.2) is 21.9 Å². The third-order valence-corrected chi connectivity index (χ3v) is 5.37. The number of alkyl halides is 2. The first-order chi connectivity index (χ1) is 12.0. The maximum absolute atomic E-state index is 13.1. The number of aryl methyl sites for hydroxylation is 1. The Morgan fingerprint density at radius 2 is 2.08 bits per heavy atom. The van der Waals surface area contributed by atoms with E-state index in [1.165, 1.54) is 11.3 Å². The summed E-state index contributed by atoms with van der Waals surface area (Å²) in [4.78, 5) is 17.6. The molecule has 0 radical (unpaired) electrons. The van der Waals surface area contributed by atoms with E-state index in [1.54, 1.807) is 22.7 Å². The van der Waals surface area contributed by atoms with Crippen LogP contribution in [0.4, 0.5) is 14.5 Å². The third-order valence-electron chi connectivity index (χ3n) is 4.61. The number of halogens is 2. The molecule has 1 saturated carbocycles. The van der Waals surface area contributed by atoms with Crippen LogP contribution in [0.3, 0.4) is 0 Å². The molecule has 0 bridgehead atoms. The molecule has 1 unspecified atom stereocenters. The van der Waals surface area contributed by atoms with Crippen molar-refractivity contribution in [2.45, 2.75) is 31.6 Å². The van der Waals surface area contributed by atoms with Crippen LogP contribution in [0.15, 0.2) is 40.6 Å². The number of thiazole rings is 1. The van der Waals surface area contributed by atoms with Crippen molar-refractivity contribution in [1.82, 2.24) is 9.38 Å². The molecule has 3 aromatic rings. The quantitative estimate of drug-likeness (QED) is 0.751. The highest BCUT2D eigenvalue weighted by Gasteiger charge is 2.57. The summed E-state index contributed by atoms with van der Waals surface area (Å²) in [6.45, 7) is 2.42. The predicted octanol–water partition coefficient (Wildman–Crippen LogP) is 3.84. The summed E-state index contributed by atoms with van der Waals surface area (Å²) in [5.41, 5.74) is 2.95. The Morgan fingerprint density at radius 1 is 1.36 bits per heavy atom. The van der Waals surface area contributed by atoms with Gasteiger partial charge in [0.1, 0.15) is 0 Å². The molecule has 0 spiro atoms. The van der Waals surface area contributed by atoms with Gasteiger partial charge in [-0.15, -0.1) is 11.3 Å². The highest BCUT2D eigenvalue weighted by atomic mass is 32.1. The molecule has 0 saturated heterocycles. The number of aromatic nitrogens is 2. The smallest absolute Gasteiger partial charge is 0.262 e. The first-order valence-electron chi connectivity index (χ1n) is 8.13. The molecule has 2 heterocycles. The summed E-state index contributed by atoms with van der Waals surface area (Å²) in [6.07, 6.45) is 2.23. The van der Waals surface area contributed by atoms with Gasteiger partial charge in [-0.3, -0.25) is 9.20 Å². The second-order valence-electron chi connectivity index (χ2n) is 6.35. The van der Waals surface area contributed by atoms with Crippen molar-refractivity contribution in [2.75, 3.05) is 11.9 Å². The molecule has 4 rings (SSSR count). The minimum Gasteiger partial charge on any atom is -0.385 e. The molecule has 1 N–H and O–H groups in total. The Kier molecular flexibility index (Phi) is 3.83. The first-order valence-corrected chi connectivity index (χ1v) is 9.01. The van der Waals surface area contributed by atoms with E-state index in [1.807, 2.05) is 24.4 Å². The van der Waals surface area contributed by atoms with Gasteiger partial charge >= 0.3 is 0 Å². The number of fused-ring (bicyclic) bond motifs is 1. The van der Waals surface area contributed by atoms with Crippen molar-refractivity contribution in [3.8, 4) is 0 Å². The number of rotatable bonds is 5. The van der Waals surface area contributed by atoms with Gasteiger partial charge in [0.05, 0.1) is 5.92 Å². The van der Waals surface area contributed by atoms with Crippen LogP contribution in [0.1, 0.15) is 29.2 Å². The average molecular weight is 361 g/mol. The van der Waals surface area contributed by atoms with Crippen LogP contribution in [0.2, 0.25) is 0 Å². The molecule has 4 nitrogen and oxygen atoms in total. The second-order valence-corrected chi connectivity index (χ2v) is 7.23. The summed E-state index contributed by atoms with van der Waals surface area (Å²) in [7, 11) is 0. The van der Waals surface area contributed by atoms with E-state index >= 15 is 0 Å². The standard InChI is InChI=1S/C18H17F2N3OS/c1-11-14(16(24)23-8-9-25-17(23)22-11)6-7-21-13-4-2-12(3-5-13)15-10-18(15,19)20/h2-5,8-9,15,21H,6-7,10H2,1H3. The normalized spacial score (nSPS) is 18.4. The van der Waals surface area contributed by atoms with Gasteiger partial charge in [-0.05, 0) is 31.0 Å². The number of anilines is 1. The molecule has 7 heteroatoms. The molecular weight excluding hydrogens is 344 g/mol. The molecule has 1 aliphatic carbocycles. The van der Waals surface area contributed by atoms with Gasteiger partial charge in [-0.25, -0.2) is 13.8 Å². The van der Waals surface area contributed by atoms with Gasteiger partial charge in [0.15, 0.2) is 4.96 Å². The van der Waals surface area contributed by atoms with E-state index < -0.39 is 11.8 Å². The van der Waals surface area contributed by atoms with Gasteiger partial charge in [-0.1, -0.05) is 12.1 Å². The van der Waals surface area contributed by atoms with E-state index in [-0.39, 0.29) is 12.0 Å². The van der Waals surface area contributed by atoms with E-state index in [9.17, 15) is 13.6 Å². The Hall–Kier alpha value is -2.28. The Labute approximate surface area is 147 Å². The molecule has 1 fully saturated rings. The van der Waals surface area contributed by atoms with Crippen molar-refractivity contribution in [3.05, 3.63) is 63.0 Å². The maximum atomic E-state index is 13.1. The van der Waals surface area contributed by atoms with Gasteiger partial charge in [0.25, 0.3) is 11.5 Å². The lowest BCUT2D eigenvalue weighted by Gasteiger charge is -2.09. The highest BCUT2D eigenvalue weighted by Crippen LogP contribution is 2.55. The molecule has 0 amide bonds. The second kappa shape index (κ2) is 5.91. The predicted molar refractivity (Wildman–Crippen MR) is 95.0 cm³/mol. The Balaban J connectivity index is 1.42. The summed E-state index contributed by atoms with van der Waals surface area (Å²) < 4.78 is 27.7. The number of nitrogens with one attached hydrogen (secondary N) is 1. The van der Waals surface area contributed by atoms with E-state index in [0.717, 1.165) is 11.4 Å². The molecule has 25 heavy (non-hydrogen) atoms. The van der Waals surface area contributed by atoms with Crippen molar-refractivity contribution < 1.29 is 8.78 Å². The van der Waals surface area contributed by atoms with Crippen molar-refractivity contribution in [2.24, 2.45) is 0 Å². The number of hydrogen-bond donors (Lipinski definition) is 1. The molecule has 0 aliphatic heterocycles. The lowest BCUT2D eigenvalue weighted by atomic mass is 10.1. The van der Waals surface area contributed by atoms with Crippen molar-refractivity contribution >= 4 is 22.0 Å². The lowest BCUT2D eigenvalue weighted by molar-refractivity contribution is 0.112. The van der Waals surface area contributed by atoms with Crippen LogP contribution in [0.5, 0.6) is 0 Å². The fourth-order valence-corrected chi connectivity index (χ4v) is 3.80. The first kappa shape index (κ1) is 16.2. The number of nitrogens with zero attached hydrogens (tertiary/aromatic N) is 2. The van der Waals surface area contributed by atoms with Gasteiger partial charge in [0.2, 0.25) is 0 Å². The largest absolute Gasteiger partial charge is 0.385 e. The van der Waals surface area contributed by atoms with Crippen LogP contribution in [-0.2, 0) is 6.42 Å². The summed E-state index contributed by atoms with van der Waals surface area (Å²) in [5, 5.41) is 5.08. The summed E-state index contributed by atoms with van der Waals surface area (Å²) in [6, 6.07) is 7.10. The van der Waals surface area contributed by atoms with Crippen LogP contribution >= 0.6 is 11.3 Å². The van der Waals surface area contributed by atoms with E-state index in [4.69, 9.17) is 0 Å². The Bertz CT molecular complexity index is 978. The molecule has 130 valence electrons. The number of benzene rings is 1. The van der Waals surface area contributed by atoms with Crippen LogP contribution in [0.25, 0.3) is 4.96 Å². The summed E-state index contributed by atoms with van der Waals surface area (Å²) in [5.74, 6) is -3.17. The zero-order chi connectivity index (χ0) is 17.6. The zero-order valence-corrected chi connectivity index (χ0v) is 14.4. The third kappa shape index (κ3) is 3.04. The Morgan fingerprint density at radius 3 is 2.76 bits per heavy atom. The SMILES string of the molecule is Cc1nc2sccn2c(=O)c1CCNc1ccc(C2CC2(F)F)cc1. The van der Waals surface area contributed by atoms with Crippen LogP contribution in [0, 0.1) is 6.92 Å². The monoisotopic (exact) mass is 361 g/mol. The molecule has 1 aromatic carbocycles. The highest BCUT2D eigenvalue weighted by molar-refractivity contribution is 7.15. The lowest BCUT2D eigenvalue weighted by Crippen LogP contribution is -2.22. The minimum absolute atomic E-state index is 0.0307. The topological polar surface area (TPSA) is 46.4 Å². The fourth-order valence-electron chi connectivity index (χ4n) is 3.05. The maximum Gasteiger partial charge on any atom is 0.262 e. The van der Waals surface area contributed by atoms with Gasteiger partial charge in [-0.2, -0.15) is 0 Å². The van der Waals surface area contributed by atoms with Crippen molar-refractivity contribution in [1.29, 1.82) is 0 Å².